The number of nitrogens with zero attached hydrogens (tertiary/aromatic N) is 4. The second-order valence-electron chi connectivity index (χ2n) is 4.09. The first-order valence-corrected chi connectivity index (χ1v) is 5.89. The van der Waals surface area contributed by atoms with Crippen LogP contribution in [0.15, 0.2) is 36.8 Å². The monoisotopic (exact) mass is 284 g/mol. The van der Waals surface area contributed by atoms with Gasteiger partial charge in [-0.15, -0.1) is 0 Å². The molecule has 0 unspecified atom stereocenters. The molecule has 1 aromatic carbocycles. The minimum Gasteiger partial charge on any atom is -0.436 e. The number of nitrogen functional groups attached to an aromatic ring is 1. The summed E-state index contributed by atoms with van der Waals surface area (Å²) in [7, 11) is 0. The number of nitrogens with one attached hydrogen (secondary N) is 1. The normalized spacial score (nSPS) is 10.3. The van der Waals surface area contributed by atoms with Gasteiger partial charge in [0.25, 0.3) is 5.88 Å². The fraction of sp³-hybridized carbons (Fsp3) is 0. The fourth-order valence-corrected chi connectivity index (χ4v) is 1.80. The molecule has 21 heavy (non-hydrogen) atoms. The lowest BCUT2D eigenvalue weighted by molar-refractivity contribution is 0.460. The number of fused-ring (bicyclic) bond motifs is 1. The molecular formula is C13H9FN6O. The van der Waals surface area contributed by atoms with Crippen LogP contribution in [-0.4, -0.2) is 14.4 Å². The van der Waals surface area contributed by atoms with E-state index < -0.39 is 5.82 Å². The van der Waals surface area contributed by atoms with E-state index in [1.54, 1.807) is 29.1 Å². The Hall–Kier alpha value is -3.18. The van der Waals surface area contributed by atoms with E-state index >= 15 is 0 Å². The molecule has 0 aliphatic carbocycles. The van der Waals surface area contributed by atoms with Crippen molar-refractivity contribution in [2.75, 3.05) is 5.43 Å². The van der Waals surface area contributed by atoms with Gasteiger partial charge in [-0.25, -0.2) is 15.2 Å². The maximum Gasteiger partial charge on any atom is 0.265 e. The van der Waals surface area contributed by atoms with Crippen LogP contribution in [0.2, 0.25) is 0 Å². The zero-order valence-electron chi connectivity index (χ0n) is 10.6. The third kappa shape index (κ3) is 2.33. The number of aromatic nitrogens is 3. The van der Waals surface area contributed by atoms with Crippen molar-refractivity contribution >= 4 is 11.5 Å². The highest BCUT2D eigenvalue weighted by molar-refractivity contribution is 5.55. The van der Waals surface area contributed by atoms with Crippen molar-refractivity contribution in [3.05, 3.63) is 48.2 Å². The molecule has 2 aromatic heterocycles. The molecule has 0 saturated carbocycles. The number of rotatable bonds is 3. The molecule has 8 heteroatoms. The molecule has 0 bridgehead atoms. The van der Waals surface area contributed by atoms with Gasteiger partial charge < -0.3 is 10.2 Å². The van der Waals surface area contributed by atoms with Gasteiger partial charge in [-0.1, -0.05) is 0 Å². The molecule has 3 rings (SSSR count). The van der Waals surface area contributed by atoms with Gasteiger partial charge in [0, 0.05) is 18.5 Å². The summed E-state index contributed by atoms with van der Waals surface area (Å²) in [6, 6.07) is 5.66. The Labute approximate surface area is 118 Å². The molecule has 0 aliphatic rings. The Morgan fingerprint density at radius 3 is 3.00 bits per heavy atom. The summed E-state index contributed by atoms with van der Waals surface area (Å²) in [5.74, 6) is 5.41. The zero-order valence-corrected chi connectivity index (χ0v) is 10.6. The third-order valence-electron chi connectivity index (χ3n) is 2.77. The molecule has 104 valence electrons. The summed E-state index contributed by atoms with van der Waals surface area (Å²) in [6.07, 6.45) is 4.90. The maximum atomic E-state index is 13.6. The summed E-state index contributed by atoms with van der Waals surface area (Å²) in [6.45, 7) is 0. The number of anilines is 1. The lowest BCUT2D eigenvalue weighted by atomic mass is 10.2. The van der Waals surface area contributed by atoms with Gasteiger partial charge in [0.1, 0.15) is 17.6 Å². The van der Waals surface area contributed by atoms with Gasteiger partial charge in [-0.05, 0) is 12.1 Å². The number of hydrogen-bond donors (Lipinski definition) is 2. The van der Waals surface area contributed by atoms with E-state index in [1.165, 1.54) is 12.1 Å². The molecule has 3 N–H and O–H groups in total. The first-order chi connectivity index (χ1) is 10.2. The number of hydrazine groups is 1. The van der Waals surface area contributed by atoms with Crippen LogP contribution in [0.5, 0.6) is 11.6 Å². The van der Waals surface area contributed by atoms with Gasteiger partial charge in [0.2, 0.25) is 5.65 Å². The Kier molecular flexibility index (Phi) is 3.10. The van der Waals surface area contributed by atoms with Gasteiger partial charge in [0.15, 0.2) is 5.82 Å². The van der Waals surface area contributed by atoms with Crippen LogP contribution >= 0.6 is 0 Å². The van der Waals surface area contributed by atoms with E-state index in [-0.39, 0.29) is 17.2 Å². The van der Waals surface area contributed by atoms with Gasteiger partial charge >= 0.3 is 0 Å². The minimum absolute atomic E-state index is 0.0568. The van der Waals surface area contributed by atoms with Crippen molar-refractivity contribution in [2.45, 2.75) is 0 Å². The molecule has 2 heterocycles. The van der Waals surface area contributed by atoms with Gasteiger partial charge in [-0.3, -0.25) is 4.40 Å². The molecule has 3 aromatic rings. The highest BCUT2D eigenvalue weighted by Gasteiger charge is 2.11. The van der Waals surface area contributed by atoms with Crippen LogP contribution in [0.25, 0.3) is 5.65 Å². The molecule has 0 spiro atoms. The van der Waals surface area contributed by atoms with E-state index in [9.17, 15) is 4.39 Å². The predicted molar refractivity (Wildman–Crippen MR) is 72.0 cm³/mol. The van der Waals surface area contributed by atoms with Crippen molar-refractivity contribution in [2.24, 2.45) is 5.84 Å². The minimum atomic E-state index is -0.664. The standard InChI is InChI=1S/C13H9FN6O/c14-10-5-9(2-1-8(10)6-15)21-13-12-17-3-4-20(12)7-11(18-13)19-16/h1-5,7,19H,16H2. The van der Waals surface area contributed by atoms with E-state index in [0.717, 1.165) is 6.07 Å². The number of hydrogen-bond acceptors (Lipinski definition) is 6. The molecule has 0 atom stereocenters. The molecule has 7 nitrogen and oxygen atoms in total. The van der Waals surface area contributed by atoms with Crippen LogP contribution in [0.1, 0.15) is 5.56 Å². The quantitative estimate of drug-likeness (QED) is 0.562. The number of nitrogens with two attached hydrogens (primary N) is 1. The topological polar surface area (TPSA) is 101 Å². The van der Waals surface area contributed by atoms with Crippen molar-refractivity contribution in [3.8, 4) is 17.7 Å². The average Bonchev–Trinajstić information content (AvgIpc) is 2.96. The predicted octanol–water partition coefficient (Wildman–Crippen LogP) is 1.82. The summed E-state index contributed by atoms with van der Waals surface area (Å²) >= 11 is 0. The zero-order chi connectivity index (χ0) is 14.8. The summed E-state index contributed by atoms with van der Waals surface area (Å²) in [5, 5.41) is 8.70. The lowest BCUT2D eigenvalue weighted by Crippen LogP contribution is -2.10. The average molecular weight is 284 g/mol. The number of ether oxygens (including phenoxy) is 1. The van der Waals surface area contributed by atoms with Crippen molar-refractivity contribution in [3.63, 3.8) is 0 Å². The van der Waals surface area contributed by atoms with Crippen molar-refractivity contribution in [1.29, 1.82) is 5.26 Å². The summed E-state index contributed by atoms with van der Waals surface area (Å²) in [5.41, 5.74) is 2.81. The van der Waals surface area contributed by atoms with Gasteiger partial charge in [-0.2, -0.15) is 10.2 Å². The highest BCUT2D eigenvalue weighted by atomic mass is 19.1. The van der Waals surface area contributed by atoms with Crippen molar-refractivity contribution in [1.82, 2.24) is 14.4 Å². The number of halogens is 1. The first kappa shape index (κ1) is 12.8. The van der Waals surface area contributed by atoms with E-state index in [2.05, 4.69) is 15.4 Å². The van der Waals surface area contributed by atoms with Crippen LogP contribution in [0.4, 0.5) is 10.2 Å². The maximum absolute atomic E-state index is 13.6. The van der Waals surface area contributed by atoms with Crippen molar-refractivity contribution < 1.29 is 9.13 Å². The second kappa shape index (κ2) is 5.07. The second-order valence-corrected chi connectivity index (χ2v) is 4.09. The SMILES string of the molecule is N#Cc1ccc(Oc2nc(NN)cn3ccnc23)cc1F. The number of benzene rings is 1. The van der Waals surface area contributed by atoms with E-state index in [0.29, 0.717) is 11.5 Å². The van der Waals surface area contributed by atoms with Gasteiger partial charge in [0.05, 0.1) is 11.8 Å². The molecule has 0 amide bonds. The summed E-state index contributed by atoms with van der Waals surface area (Å²) in [4.78, 5) is 8.24. The Balaban J connectivity index is 2.03. The highest BCUT2D eigenvalue weighted by Crippen LogP contribution is 2.26. The van der Waals surface area contributed by atoms with Crippen LogP contribution < -0.4 is 16.0 Å². The smallest absolute Gasteiger partial charge is 0.265 e. The number of imidazole rings is 1. The van der Waals surface area contributed by atoms with E-state index in [4.69, 9.17) is 15.8 Å². The lowest BCUT2D eigenvalue weighted by Gasteiger charge is -2.08. The third-order valence-corrected chi connectivity index (χ3v) is 2.77. The molecule has 0 aliphatic heterocycles. The van der Waals surface area contributed by atoms with Crippen LogP contribution in [0, 0.1) is 17.1 Å². The first-order valence-electron chi connectivity index (χ1n) is 5.89. The molecule has 0 fully saturated rings. The largest absolute Gasteiger partial charge is 0.436 e. The molecule has 0 saturated heterocycles. The fourth-order valence-electron chi connectivity index (χ4n) is 1.80. The number of nitriles is 1. The van der Waals surface area contributed by atoms with E-state index in [1.807, 2.05) is 0 Å². The Morgan fingerprint density at radius 2 is 2.29 bits per heavy atom. The molecular weight excluding hydrogens is 275 g/mol. The Bertz CT molecular complexity index is 853. The summed E-state index contributed by atoms with van der Waals surface area (Å²) < 4.78 is 20.8. The van der Waals surface area contributed by atoms with Crippen LogP contribution in [0.3, 0.4) is 0 Å². The van der Waals surface area contributed by atoms with Crippen LogP contribution in [-0.2, 0) is 0 Å². The molecule has 0 radical (unpaired) electrons. The Morgan fingerprint density at radius 1 is 1.43 bits per heavy atom.